The fraction of sp³-hybridized carbons (Fsp3) is 0.250. The molecule has 0 aliphatic rings. The normalized spacial score (nSPS) is 10.6. The van der Waals surface area contributed by atoms with Crippen LogP contribution >= 0.6 is 15.9 Å². The molecule has 0 aliphatic heterocycles. The molecule has 124 valence electrons. The number of nitrogens with one attached hydrogen (secondary N) is 1. The summed E-state index contributed by atoms with van der Waals surface area (Å²) in [4.78, 5) is 4.51. The second-order valence-electron chi connectivity index (χ2n) is 4.82. The van der Waals surface area contributed by atoms with E-state index in [2.05, 4.69) is 41.5 Å². The number of rotatable bonds is 6. The topological polar surface area (TPSA) is 85.8 Å². The number of pyridine rings is 1. The van der Waals surface area contributed by atoms with Gasteiger partial charge in [-0.15, -0.1) is 10.2 Å². The van der Waals surface area contributed by atoms with Crippen molar-refractivity contribution in [2.45, 2.75) is 13.8 Å². The van der Waals surface area contributed by atoms with Gasteiger partial charge in [0.25, 0.3) is 0 Å². The largest absolute Gasteiger partial charge is 0.494 e. The molecule has 0 aliphatic carbocycles. The van der Waals surface area contributed by atoms with Gasteiger partial charge in [-0.25, -0.2) is 0 Å². The van der Waals surface area contributed by atoms with Gasteiger partial charge in [0.2, 0.25) is 5.82 Å². The first-order valence-corrected chi connectivity index (χ1v) is 8.31. The van der Waals surface area contributed by atoms with Crippen molar-refractivity contribution >= 4 is 15.9 Å². The molecule has 0 spiro atoms. The zero-order chi connectivity index (χ0) is 16.9. The number of benzene rings is 1. The molecule has 0 atom stereocenters. The van der Waals surface area contributed by atoms with Gasteiger partial charge in [-0.3, -0.25) is 4.98 Å². The number of tetrazole rings is 1. The van der Waals surface area contributed by atoms with Gasteiger partial charge in [-0.2, -0.15) is 5.21 Å². The van der Waals surface area contributed by atoms with Crippen LogP contribution in [0.15, 0.2) is 34.9 Å². The van der Waals surface area contributed by atoms with Crippen molar-refractivity contribution in [3.8, 4) is 34.1 Å². The molecule has 0 unspecified atom stereocenters. The lowest BCUT2D eigenvalue weighted by Crippen LogP contribution is -1.98. The van der Waals surface area contributed by atoms with Crippen LogP contribution in [-0.2, 0) is 0 Å². The number of halogens is 1. The Labute approximate surface area is 147 Å². The second kappa shape index (κ2) is 7.39. The van der Waals surface area contributed by atoms with Crippen LogP contribution in [0.25, 0.3) is 22.6 Å². The molecule has 2 aromatic heterocycles. The van der Waals surface area contributed by atoms with Crippen LogP contribution in [-0.4, -0.2) is 38.8 Å². The Morgan fingerprint density at radius 3 is 2.58 bits per heavy atom. The van der Waals surface area contributed by atoms with E-state index in [0.717, 1.165) is 32.8 Å². The molecule has 3 rings (SSSR count). The highest BCUT2D eigenvalue weighted by molar-refractivity contribution is 9.10. The molecule has 0 amide bonds. The average molecular weight is 390 g/mol. The van der Waals surface area contributed by atoms with Gasteiger partial charge in [0, 0.05) is 23.4 Å². The van der Waals surface area contributed by atoms with E-state index in [4.69, 9.17) is 9.47 Å². The van der Waals surface area contributed by atoms with E-state index in [1.807, 2.05) is 38.1 Å². The summed E-state index contributed by atoms with van der Waals surface area (Å²) in [5.74, 6) is 1.97. The number of H-pyrrole nitrogens is 1. The first kappa shape index (κ1) is 16.4. The van der Waals surface area contributed by atoms with Crippen molar-refractivity contribution in [1.82, 2.24) is 25.6 Å². The molecule has 0 bridgehead atoms. The molecule has 7 nitrogen and oxygen atoms in total. The van der Waals surface area contributed by atoms with Crippen LogP contribution < -0.4 is 9.47 Å². The van der Waals surface area contributed by atoms with Crippen LogP contribution in [0.1, 0.15) is 13.8 Å². The van der Waals surface area contributed by atoms with Gasteiger partial charge >= 0.3 is 0 Å². The highest BCUT2D eigenvalue weighted by atomic mass is 79.9. The molecular formula is C16H16BrN5O2. The van der Waals surface area contributed by atoms with Crippen molar-refractivity contribution in [3.63, 3.8) is 0 Å². The van der Waals surface area contributed by atoms with Gasteiger partial charge in [-0.1, -0.05) is 0 Å². The lowest BCUT2D eigenvalue weighted by Gasteiger charge is -2.13. The van der Waals surface area contributed by atoms with Crippen molar-refractivity contribution in [3.05, 3.63) is 34.9 Å². The summed E-state index contributed by atoms with van der Waals surface area (Å²) >= 11 is 3.60. The second-order valence-corrected chi connectivity index (χ2v) is 5.61. The van der Waals surface area contributed by atoms with E-state index in [1.165, 1.54) is 0 Å². The maximum Gasteiger partial charge on any atom is 0.206 e. The summed E-state index contributed by atoms with van der Waals surface area (Å²) in [6, 6.07) is 7.60. The minimum Gasteiger partial charge on any atom is -0.494 e. The molecule has 3 aromatic rings. The Balaban J connectivity index is 2.01. The van der Waals surface area contributed by atoms with E-state index in [-0.39, 0.29) is 0 Å². The van der Waals surface area contributed by atoms with Crippen LogP contribution in [0.3, 0.4) is 0 Å². The molecule has 1 N–H and O–H groups in total. The number of nitrogens with zero attached hydrogens (tertiary/aromatic N) is 4. The molecule has 0 saturated heterocycles. The highest BCUT2D eigenvalue weighted by Gasteiger charge is 2.14. The third kappa shape index (κ3) is 3.38. The SMILES string of the molecule is CCOc1cc(OCC)c(Br)c(-c2ccc(-c3nn[nH]n3)cn2)c1. The third-order valence-corrected chi connectivity index (χ3v) is 4.08. The Bertz CT molecular complexity index is 806. The molecule has 0 fully saturated rings. The molecular weight excluding hydrogens is 374 g/mol. The van der Waals surface area contributed by atoms with E-state index < -0.39 is 0 Å². The Kier molecular flexibility index (Phi) is 5.05. The minimum absolute atomic E-state index is 0.506. The standard InChI is InChI=1S/C16H16BrN5O2/c1-3-23-11-7-12(15(17)14(8-11)24-4-2)13-6-5-10(9-18-13)16-19-21-22-20-16/h5-9H,3-4H2,1-2H3,(H,19,20,21,22). The average Bonchev–Trinajstić information content (AvgIpc) is 3.13. The smallest absolute Gasteiger partial charge is 0.206 e. The fourth-order valence-electron chi connectivity index (χ4n) is 2.24. The Hall–Kier alpha value is -2.48. The van der Waals surface area contributed by atoms with E-state index in [1.54, 1.807) is 6.20 Å². The predicted octanol–water partition coefficient (Wildman–Crippen LogP) is 3.49. The van der Waals surface area contributed by atoms with Crippen LogP contribution in [0.2, 0.25) is 0 Å². The summed E-state index contributed by atoms with van der Waals surface area (Å²) in [5, 5.41) is 13.9. The Morgan fingerprint density at radius 1 is 1.12 bits per heavy atom. The lowest BCUT2D eigenvalue weighted by molar-refractivity contribution is 0.322. The van der Waals surface area contributed by atoms with Crippen molar-refractivity contribution in [1.29, 1.82) is 0 Å². The number of hydrogen-bond acceptors (Lipinski definition) is 6. The first-order valence-electron chi connectivity index (χ1n) is 7.52. The summed E-state index contributed by atoms with van der Waals surface area (Å²) in [6.45, 7) is 5.03. The van der Waals surface area contributed by atoms with Gasteiger partial charge in [0.15, 0.2) is 0 Å². The first-order chi connectivity index (χ1) is 11.7. The maximum absolute atomic E-state index is 5.68. The van der Waals surface area contributed by atoms with Gasteiger partial charge in [0.1, 0.15) is 11.5 Å². The lowest BCUT2D eigenvalue weighted by atomic mass is 10.1. The van der Waals surface area contributed by atoms with Crippen LogP contribution in [0, 0.1) is 0 Å². The van der Waals surface area contributed by atoms with E-state index in [9.17, 15) is 0 Å². The molecule has 0 radical (unpaired) electrons. The van der Waals surface area contributed by atoms with Crippen molar-refractivity contribution in [2.75, 3.05) is 13.2 Å². The quantitative estimate of drug-likeness (QED) is 0.694. The maximum atomic E-state index is 5.68. The zero-order valence-corrected chi connectivity index (χ0v) is 14.9. The molecule has 0 saturated carbocycles. The van der Waals surface area contributed by atoms with Gasteiger partial charge in [0.05, 0.1) is 23.4 Å². The number of hydrogen-bond donors (Lipinski definition) is 1. The predicted molar refractivity (Wildman–Crippen MR) is 92.9 cm³/mol. The molecule has 2 heterocycles. The Morgan fingerprint density at radius 2 is 1.96 bits per heavy atom. The third-order valence-electron chi connectivity index (χ3n) is 3.27. The minimum atomic E-state index is 0.506. The van der Waals surface area contributed by atoms with Crippen molar-refractivity contribution in [2.24, 2.45) is 0 Å². The zero-order valence-electron chi connectivity index (χ0n) is 13.3. The van der Waals surface area contributed by atoms with Gasteiger partial charge in [-0.05, 0) is 53.2 Å². The monoisotopic (exact) mass is 389 g/mol. The van der Waals surface area contributed by atoms with Crippen molar-refractivity contribution < 1.29 is 9.47 Å². The molecule has 8 heteroatoms. The summed E-state index contributed by atoms with van der Waals surface area (Å²) < 4.78 is 12.2. The number of aromatic amines is 1. The highest BCUT2D eigenvalue weighted by Crippen LogP contribution is 2.39. The fourth-order valence-corrected chi connectivity index (χ4v) is 2.79. The summed E-state index contributed by atoms with van der Waals surface area (Å²) in [7, 11) is 0. The molecule has 1 aromatic carbocycles. The van der Waals surface area contributed by atoms with Crippen LogP contribution in [0.4, 0.5) is 0 Å². The van der Waals surface area contributed by atoms with Crippen LogP contribution in [0.5, 0.6) is 11.5 Å². The van der Waals surface area contributed by atoms with Gasteiger partial charge < -0.3 is 9.47 Å². The summed E-state index contributed by atoms with van der Waals surface area (Å²) in [6.07, 6.45) is 1.71. The van der Waals surface area contributed by atoms with E-state index >= 15 is 0 Å². The number of aromatic nitrogens is 5. The summed E-state index contributed by atoms with van der Waals surface area (Å²) in [5.41, 5.74) is 2.47. The molecule has 24 heavy (non-hydrogen) atoms. The number of ether oxygens (including phenoxy) is 2. The van der Waals surface area contributed by atoms with E-state index in [0.29, 0.717) is 19.0 Å².